The standard InChI is InChI=1S/C14H10N6.C7H15N/c15-14-18-8-12-11(3-5-20(12)19-14)10-6-9-2-1-4-16-13(9)17-7-10;1-8-7-5-3-2-4-6-7/h1-8H,(H2,15,19);7-8H,2-6H2,1H3. The van der Waals surface area contributed by atoms with Gasteiger partial charge in [-0.25, -0.2) is 19.5 Å². The summed E-state index contributed by atoms with van der Waals surface area (Å²) in [6.07, 6.45) is 14.2. The maximum atomic E-state index is 5.58. The second-order valence-electron chi connectivity index (χ2n) is 7.07. The lowest BCUT2D eigenvalue weighted by atomic mass is 9.96. The fourth-order valence-electron chi connectivity index (χ4n) is 3.66. The van der Waals surface area contributed by atoms with Gasteiger partial charge in [-0.3, -0.25) is 0 Å². The van der Waals surface area contributed by atoms with Crippen molar-refractivity contribution in [2.24, 2.45) is 0 Å². The van der Waals surface area contributed by atoms with Crippen molar-refractivity contribution in [3.05, 3.63) is 49.1 Å². The number of hydrogen-bond donors (Lipinski definition) is 2. The Hall–Kier alpha value is -3.06. The summed E-state index contributed by atoms with van der Waals surface area (Å²) in [5.41, 5.74) is 9.23. The van der Waals surface area contributed by atoms with Crippen molar-refractivity contribution in [2.75, 3.05) is 12.8 Å². The molecule has 0 atom stereocenters. The van der Waals surface area contributed by atoms with Crippen LogP contribution in [0.4, 0.5) is 5.95 Å². The van der Waals surface area contributed by atoms with Gasteiger partial charge in [0.15, 0.2) is 5.65 Å². The second kappa shape index (κ2) is 8.31. The first-order valence-corrected chi connectivity index (χ1v) is 9.73. The van der Waals surface area contributed by atoms with E-state index < -0.39 is 0 Å². The van der Waals surface area contributed by atoms with Crippen LogP contribution >= 0.6 is 0 Å². The molecule has 144 valence electrons. The molecule has 0 unspecified atom stereocenters. The summed E-state index contributed by atoms with van der Waals surface area (Å²) < 4.78 is 1.71. The van der Waals surface area contributed by atoms with Crippen molar-refractivity contribution in [3.8, 4) is 11.1 Å². The summed E-state index contributed by atoms with van der Waals surface area (Å²) in [5.74, 6) is 0.250. The quantitative estimate of drug-likeness (QED) is 0.557. The maximum absolute atomic E-state index is 5.58. The first kappa shape index (κ1) is 18.3. The van der Waals surface area contributed by atoms with Gasteiger partial charge in [0.2, 0.25) is 5.95 Å². The predicted molar refractivity (Wildman–Crippen MR) is 112 cm³/mol. The van der Waals surface area contributed by atoms with Crippen LogP contribution in [-0.4, -0.2) is 37.7 Å². The molecule has 5 rings (SSSR count). The average Bonchev–Trinajstić information content (AvgIpc) is 3.17. The van der Waals surface area contributed by atoms with Crippen molar-refractivity contribution < 1.29 is 0 Å². The maximum Gasteiger partial charge on any atom is 0.238 e. The van der Waals surface area contributed by atoms with E-state index in [1.54, 1.807) is 23.1 Å². The monoisotopic (exact) mass is 375 g/mol. The predicted octanol–water partition coefficient (Wildman–Crippen LogP) is 3.46. The number of aromatic nitrogens is 5. The molecule has 4 aromatic heterocycles. The molecule has 0 bridgehead atoms. The Labute approximate surface area is 164 Å². The molecule has 1 aliphatic rings. The van der Waals surface area contributed by atoms with Gasteiger partial charge in [-0.1, -0.05) is 19.3 Å². The molecule has 0 aromatic carbocycles. The summed E-state index contributed by atoms with van der Waals surface area (Å²) in [4.78, 5) is 12.6. The number of fused-ring (bicyclic) bond motifs is 2. The average molecular weight is 375 g/mol. The van der Waals surface area contributed by atoms with E-state index in [4.69, 9.17) is 5.73 Å². The Balaban J connectivity index is 0.000000203. The highest BCUT2D eigenvalue weighted by Crippen LogP contribution is 2.26. The lowest BCUT2D eigenvalue weighted by Crippen LogP contribution is -2.26. The Bertz CT molecular complexity index is 1070. The molecule has 0 saturated heterocycles. The third kappa shape index (κ3) is 3.94. The highest BCUT2D eigenvalue weighted by atomic mass is 15.3. The number of pyridine rings is 2. The zero-order valence-electron chi connectivity index (χ0n) is 16.0. The molecule has 4 heterocycles. The van der Waals surface area contributed by atoms with Crippen LogP contribution in [0.25, 0.3) is 27.7 Å². The van der Waals surface area contributed by atoms with Gasteiger partial charge >= 0.3 is 0 Å². The van der Waals surface area contributed by atoms with Gasteiger partial charge in [0.25, 0.3) is 0 Å². The summed E-state index contributed by atoms with van der Waals surface area (Å²) in [6.45, 7) is 0. The normalized spacial score (nSPS) is 14.8. The molecule has 1 aliphatic carbocycles. The van der Waals surface area contributed by atoms with E-state index in [0.717, 1.165) is 33.7 Å². The minimum atomic E-state index is 0.250. The van der Waals surface area contributed by atoms with Crippen LogP contribution in [0, 0.1) is 0 Å². The van der Waals surface area contributed by atoms with Gasteiger partial charge in [-0.05, 0) is 44.2 Å². The van der Waals surface area contributed by atoms with E-state index >= 15 is 0 Å². The highest BCUT2D eigenvalue weighted by molar-refractivity contribution is 5.86. The summed E-state index contributed by atoms with van der Waals surface area (Å²) in [5, 5.41) is 8.44. The molecule has 0 spiro atoms. The van der Waals surface area contributed by atoms with Crippen molar-refractivity contribution in [1.29, 1.82) is 0 Å². The molecule has 28 heavy (non-hydrogen) atoms. The molecular weight excluding hydrogens is 350 g/mol. The first-order chi connectivity index (χ1) is 13.7. The minimum absolute atomic E-state index is 0.250. The summed E-state index contributed by atoms with van der Waals surface area (Å²) in [6, 6.07) is 8.76. The Kier molecular flexibility index (Phi) is 5.43. The van der Waals surface area contributed by atoms with Crippen LogP contribution in [0.3, 0.4) is 0 Å². The van der Waals surface area contributed by atoms with E-state index in [0.29, 0.717) is 0 Å². The zero-order chi connectivity index (χ0) is 19.3. The van der Waals surface area contributed by atoms with Crippen molar-refractivity contribution in [2.45, 2.75) is 38.1 Å². The van der Waals surface area contributed by atoms with Crippen LogP contribution < -0.4 is 11.1 Å². The molecular formula is C21H25N7. The van der Waals surface area contributed by atoms with Gasteiger partial charge in [0.1, 0.15) is 0 Å². The van der Waals surface area contributed by atoms with E-state index in [1.807, 2.05) is 24.4 Å². The number of nitrogen functional groups attached to an aromatic ring is 1. The van der Waals surface area contributed by atoms with Gasteiger partial charge in [-0.15, -0.1) is 5.10 Å². The third-order valence-electron chi connectivity index (χ3n) is 5.21. The molecule has 7 nitrogen and oxygen atoms in total. The number of anilines is 1. The molecule has 0 radical (unpaired) electrons. The zero-order valence-corrected chi connectivity index (χ0v) is 16.0. The van der Waals surface area contributed by atoms with Crippen LogP contribution in [0.15, 0.2) is 49.1 Å². The van der Waals surface area contributed by atoms with Crippen molar-refractivity contribution in [3.63, 3.8) is 0 Å². The summed E-state index contributed by atoms with van der Waals surface area (Å²) >= 11 is 0. The molecule has 1 saturated carbocycles. The first-order valence-electron chi connectivity index (χ1n) is 9.73. The van der Waals surface area contributed by atoms with Crippen molar-refractivity contribution >= 4 is 22.5 Å². The molecule has 0 amide bonds. The summed E-state index contributed by atoms with van der Waals surface area (Å²) in [7, 11) is 2.07. The number of nitrogens with two attached hydrogens (primary N) is 1. The van der Waals surface area contributed by atoms with Crippen LogP contribution in [-0.2, 0) is 0 Å². The molecule has 3 N–H and O–H groups in total. The lowest BCUT2D eigenvalue weighted by molar-refractivity contribution is 0.394. The number of hydrogen-bond acceptors (Lipinski definition) is 6. The Morgan fingerprint density at radius 2 is 1.93 bits per heavy atom. The Morgan fingerprint density at radius 3 is 2.71 bits per heavy atom. The number of rotatable bonds is 2. The van der Waals surface area contributed by atoms with E-state index in [1.165, 1.54) is 32.1 Å². The molecule has 0 aliphatic heterocycles. The van der Waals surface area contributed by atoms with E-state index in [9.17, 15) is 0 Å². The third-order valence-corrected chi connectivity index (χ3v) is 5.21. The van der Waals surface area contributed by atoms with Crippen LogP contribution in [0.2, 0.25) is 0 Å². The SMILES string of the molecule is CNC1CCCCC1.Nc1ncc2c(-c3cnc4ncccc4c3)ccn2n1. The van der Waals surface area contributed by atoms with Crippen molar-refractivity contribution in [1.82, 2.24) is 29.9 Å². The van der Waals surface area contributed by atoms with Crippen LogP contribution in [0.5, 0.6) is 0 Å². The van der Waals surface area contributed by atoms with E-state index in [-0.39, 0.29) is 5.95 Å². The van der Waals surface area contributed by atoms with Gasteiger partial charge in [0, 0.05) is 41.1 Å². The van der Waals surface area contributed by atoms with Crippen LogP contribution in [0.1, 0.15) is 32.1 Å². The van der Waals surface area contributed by atoms with Gasteiger partial charge in [0.05, 0.1) is 11.7 Å². The van der Waals surface area contributed by atoms with Gasteiger partial charge in [-0.2, -0.15) is 0 Å². The molecule has 1 fully saturated rings. The minimum Gasteiger partial charge on any atom is -0.367 e. The Morgan fingerprint density at radius 1 is 1.07 bits per heavy atom. The lowest BCUT2D eigenvalue weighted by Gasteiger charge is -2.20. The number of nitrogens with one attached hydrogen (secondary N) is 1. The highest BCUT2D eigenvalue weighted by Gasteiger charge is 2.09. The second-order valence-corrected chi connectivity index (χ2v) is 7.07. The van der Waals surface area contributed by atoms with Gasteiger partial charge < -0.3 is 11.1 Å². The largest absolute Gasteiger partial charge is 0.367 e. The smallest absolute Gasteiger partial charge is 0.238 e. The topological polar surface area (TPSA) is 94.0 Å². The molecule has 4 aromatic rings. The fourth-order valence-corrected chi connectivity index (χ4v) is 3.66. The van der Waals surface area contributed by atoms with E-state index in [2.05, 4.69) is 38.5 Å². The number of nitrogens with zero attached hydrogens (tertiary/aromatic N) is 5. The fraction of sp³-hybridized carbons (Fsp3) is 0.333. The molecule has 7 heteroatoms.